The second kappa shape index (κ2) is 8.02. The molecule has 1 rings (SSSR count). The fraction of sp³-hybridized carbons (Fsp3) is 0.929. The molecular formula is C14H29NO3Si. The van der Waals surface area contributed by atoms with Gasteiger partial charge in [-0.25, -0.2) is 4.79 Å². The minimum Gasteiger partial charge on any atom is -0.404 e. The minimum atomic E-state index is -1.73. The summed E-state index contributed by atoms with van der Waals surface area (Å²) in [5.74, 6) is 0.490. The fourth-order valence-electron chi connectivity index (χ4n) is 2.68. The summed E-state index contributed by atoms with van der Waals surface area (Å²) < 4.78 is 5.97. The number of hydrogen-bond donors (Lipinski definition) is 1. The minimum absolute atomic E-state index is 0.277. The molecule has 19 heavy (non-hydrogen) atoms. The van der Waals surface area contributed by atoms with Crippen LogP contribution in [-0.4, -0.2) is 27.4 Å². The summed E-state index contributed by atoms with van der Waals surface area (Å²) in [6.07, 6.45) is 8.12. The third-order valence-electron chi connectivity index (χ3n) is 3.52. The van der Waals surface area contributed by atoms with E-state index in [2.05, 4.69) is 25.1 Å². The molecule has 1 N–H and O–H groups in total. The highest BCUT2D eigenvalue weighted by atomic mass is 28.4. The largest absolute Gasteiger partial charge is 0.404 e. The van der Waals surface area contributed by atoms with E-state index < -0.39 is 14.4 Å². The lowest BCUT2D eigenvalue weighted by Crippen LogP contribution is -2.39. The molecule has 0 heterocycles. The highest BCUT2D eigenvalue weighted by molar-refractivity contribution is 6.69. The van der Waals surface area contributed by atoms with Crippen LogP contribution in [0.25, 0.3) is 0 Å². The summed E-state index contributed by atoms with van der Waals surface area (Å²) >= 11 is 0. The van der Waals surface area contributed by atoms with Crippen LogP contribution in [0.15, 0.2) is 0 Å². The maximum absolute atomic E-state index is 11.9. The van der Waals surface area contributed by atoms with Crippen molar-refractivity contribution < 1.29 is 14.1 Å². The Kier molecular flexibility index (Phi) is 7.03. The predicted molar refractivity (Wildman–Crippen MR) is 79.2 cm³/mol. The maximum atomic E-state index is 11.9. The Morgan fingerprint density at radius 2 is 1.89 bits per heavy atom. The van der Waals surface area contributed by atoms with E-state index in [0.29, 0.717) is 0 Å². The number of rotatable bonds is 7. The van der Waals surface area contributed by atoms with Crippen molar-refractivity contribution in [3.8, 4) is 0 Å². The van der Waals surface area contributed by atoms with Crippen molar-refractivity contribution in [2.45, 2.75) is 70.7 Å². The Hall–Kier alpha value is -0.393. The molecule has 0 aromatic heterocycles. The van der Waals surface area contributed by atoms with Crippen molar-refractivity contribution in [2.75, 3.05) is 7.05 Å². The van der Waals surface area contributed by atoms with Crippen LogP contribution >= 0.6 is 0 Å². The van der Waals surface area contributed by atoms with Gasteiger partial charge in [0, 0.05) is 7.05 Å². The zero-order valence-corrected chi connectivity index (χ0v) is 13.8. The standard InChI is InChI=1S/C14H29NO3Si/c1-15-17-14(16)13(18-19(2,3)4)11-10-12-8-6-5-7-9-12/h12-13,15H,5-11H2,1-4H3. The highest BCUT2D eigenvalue weighted by Crippen LogP contribution is 2.28. The highest BCUT2D eigenvalue weighted by Gasteiger charge is 2.28. The number of hydroxylamine groups is 1. The summed E-state index contributed by atoms with van der Waals surface area (Å²) in [5, 5.41) is 0. The Labute approximate surface area is 118 Å². The molecule has 0 bridgehead atoms. The van der Waals surface area contributed by atoms with Gasteiger partial charge in [-0.2, -0.15) is 5.48 Å². The van der Waals surface area contributed by atoms with E-state index in [1.54, 1.807) is 7.05 Å². The second-order valence-corrected chi connectivity index (χ2v) is 10.9. The maximum Gasteiger partial charge on any atom is 0.352 e. The Morgan fingerprint density at radius 3 is 2.42 bits per heavy atom. The first-order valence-corrected chi connectivity index (χ1v) is 10.9. The molecule has 1 aliphatic rings. The van der Waals surface area contributed by atoms with E-state index in [1.807, 2.05) is 0 Å². The third-order valence-corrected chi connectivity index (χ3v) is 4.51. The molecule has 0 aromatic carbocycles. The quantitative estimate of drug-likeness (QED) is 0.577. The summed E-state index contributed by atoms with van der Waals surface area (Å²) in [6, 6.07) is 0. The summed E-state index contributed by atoms with van der Waals surface area (Å²) in [5.41, 5.74) is 2.46. The molecule has 0 radical (unpaired) electrons. The lowest BCUT2D eigenvalue weighted by Gasteiger charge is -2.27. The van der Waals surface area contributed by atoms with Gasteiger partial charge in [0.2, 0.25) is 0 Å². The molecular weight excluding hydrogens is 258 g/mol. The van der Waals surface area contributed by atoms with Crippen molar-refractivity contribution >= 4 is 14.3 Å². The van der Waals surface area contributed by atoms with E-state index in [0.717, 1.165) is 18.8 Å². The van der Waals surface area contributed by atoms with Gasteiger partial charge in [-0.1, -0.05) is 32.1 Å². The Morgan fingerprint density at radius 1 is 1.26 bits per heavy atom. The molecule has 4 nitrogen and oxygen atoms in total. The predicted octanol–water partition coefficient (Wildman–Crippen LogP) is 3.24. The molecule has 0 aromatic rings. The van der Waals surface area contributed by atoms with Gasteiger partial charge >= 0.3 is 5.97 Å². The molecule has 0 amide bonds. The van der Waals surface area contributed by atoms with E-state index in [1.165, 1.54) is 32.1 Å². The summed E-state index contributed by atoms with van der Waals surface area (Å²) in [6.45, 7) is 6.31. The normalized spacial score (nSPS) is 19.2. The Balaban J connectivity index is 2.45. The molecule has 112 valence electrons. The van der Waals surface area contributed by atoms with E-state index in [9.17, 15) is 4.79 Å². The SMILES string of the molecule is CNOC(=O)C(CCC1CCCCC1)O[Si](C)(C)C. The first kappa shape index (κ1) is 16.7. The molecule has 1 unspecified atom stereocenters. The molecule has 5 heteroatoms. The van der Waals surface area contributed by atoms with Gasteiger partial charge in [0.15, 0.2) is 8.32 Å². The smallest absolute Gasteiger partial charge is 0.352 e. The molecule has 1 aliphatic carbocycles. The Bertz CT molecular complexity index is 272. The first-order valence-electron chi connectivity index (χ1n) is 7.47. The molecule has 0 spiro atoms. The third kappa shape index (κ3) is 7.08. The van der Waals surface area contributed by atoms with Gasteiger partial charge in [0.1, 0.15) is 6.10 Å². The van der Waals surface area contributed by atoms with Crippen molar-refractivity contribution in [2.24, 2.45) is 5.92 Å². The van der Waals surface area contributed by atoms with Crippen LogP contribution in [0.5, 0.6) is 0 Å². The van der Waals surface area contributed by atoms with Gasteiger partial charge in [-0.05, 0) is 38.4 Å². The zero-order chi connectivity index (χ0) is 14.3. The van der Waals surface area contributed by atoms with Crippen LogP contribution in [-0.2, 0) is 14.1 Å². The molecule has 1 saturated carbocycles. The van der Waals surface area contributed by atoms with Gasteiger partial charge in [-0.15, -0.1) is 0 Å². The summed E-state index contributed by atoms with van der Waals surface area (Å²) in [7, 11) is -0.126. The van der Waals surface area contributed by atoms with Crippen molar-refractivity contribution in [3.05, 3.63) is 0 Å². The van der Waals surface area contributed by atoms with E-state index in [4.69, 9.17) is 9.26 Å². The molecule has 1 atom stereocenters. The number of nitrogens with one attached hydrogen (secondary N) is 1. The van der Waals surface area contributed by atoms with Crippen LogP contribution < -0.4 is 5.48 Å². The van der Waals surface area contributed by atoms with Crippen LogP contribution in [0, 0.1) is 5.92 Å². The molecule has 0 saturated heterocycles. The fourth-order valence-corrected chi connectivity index (χ4v) is 3.75. The van der Waals surface area contributed by atoms with Gasteiger partial charge in [0.05, 0.1) is 0 Å². The molecule has 0 aliphatic heterocycles. The number of carbonyl (C=O) groups excluding carboxylic acids is 1. The van der Waals surface area contributed by atoms with E-state index >= 15 is 0 Å². The van der Waals surface area contributed by atoms with Crippen molar-refractivity contribution in [3.63, 3.8) is 0 Å². The average Bonchev–Trinajstić information content (AvgIpc) is 2.34. The van der Waals surface area contributed by atoms with Gasteiger partial charge < -0.3 is 9.26 Å². The topological polar surface area (TPSA) is 47.6 Å². The lowest BCUT2D eigenvalue weighted by atomic mass is 9.85. The van der Waals surface area contributed by atoms with Crippen molar-refractivity contribution in [1.82, 2.24) is 5.48 Å². The van der Waals surface area contributed by atoms with Crippen LogP contribution in [0.4, 0.5) is 0 Å². The lowest BCUT2D eigenvalue weighted by molar-refractivity contribution is -0.159. The zero-order valence-electron chi connectivity index (χ0n) is 12.8. The molecule has 1 fully saturated rings. The second-order valence-electron chi connectivity index (χ2n) is 6.43. The van der Waals surface area contributed by atoms with Gasteiger partial charge in [0.25, 0.3) is 0 Å². The van der Waals surface area contributed by atoms with Crippen molar-refractivity contribution in [1.29, 1.82) is 0 Å². The van der Waals surface area contributed by atoms with Crippen LogP contribution in [0.1, 0.15) is 44.9 Å². The first-order chi connectivity index (χ1) is 8.92. The number of hydrogen-bond acceptors (Lipinski definition) is 4. The monoisotopic (exact) mass is 287 g/mol. The average molecular weight is 287 g/mol. The number of carbonyl (C=O) groups is 1. The van der Waals surface area contributed by atoms with Crippen LogP contribution in [0.2, 0.25) is 19.6 Å². The summed E-state index contributed by atoms with van der Waals surface area (Å²) in [4.78, 5) is 16.8. The van der Waals surface area contributed by atoms with Gasteiger partial charge in [-0.3, -0.25) is 0 Å². The van der Waals surface area contributed by atoms with Crippen LogP contribution in [0.3, 0.4) is 0 Å². The van der Waals surface area contributed by atoms with E-state index in [-0.39, 0.29) is 5.97 Å².